The normalized spacial score (nSPS) is 11.0. The van der Waals surface area contributed by atoms with E-state index in [0.717, 1.165) is 31.5 Å². The van der Waals surface area contributed by atoms with Gasteiger partial charge >= 0.3 is 0 Å². The molecule has 0 spiro atoms. The van der Waals surface area contributed by atoms with Crippen LogP contribution in [0.25, 0.3) is 10.9 Å². The molecule has 0 aliphatic carbocycles. The van der Waals surface area contributed by atoms with Gasteiger partial charge in [0.2, 0.25) is 0 Å². The molecule has 112 valence electrons. The Balaban J connectivity index is 1.80. The van der Waals surface area contributed by atoms with Crippen molar-refractivity contribution < 1.29 is 4.79 Å². The lowest BCUT2D eigenvalue weighted by atomic mass is 10.2. The third-order valence-corrected chi connectivity index (χ3v) is 5.30. The number of carbonyl (C=O) groups is 1. The molecule has 0 atom stereocenters. The topological polar surface area (TPSA) is 68.9 Å². The van der Waals surface area contributed by atoms with Crippen LogP contribution >= 0.6 is 23.1 Å². The van der Waals surface area contributed by atoms with Gasteiger partial charge in [0, 0.05) is 16.8 Å². The van der Waals surface area contributed by atoms with E-state index in [1.165, 1.54) is 23.1 Å². The molecule has 2 N–H and O–H groups in total. The Morgan fingerprint density at radius 2 is 2.05 bits per heavy atom. The molecule has 0 radical (unpaired) electrons. The highest BCUT2D eigenvalue weighted by Gasteiger charge is 2.12. The second-order valence-corrected chi connectivity index (χ2v) is 6.91. The van der Waals surface area contributed by atoms with Crippen LogP contribution in [-0.4, -0.2) is 21.5 Å². The van der Waals surface area contributed by atoms with Gasteiger partial charge in [-0.05, 0) is 25.1 Å². The minimum atomic E-state index is 0.107. The molecule has 0 aliphatic heterocycles. The van der Waals surface area contributed by atoms with Crippen LogP contribution in [-0.2, 0) is 6.54 Å². The standard InChI is InChI=1S/C16H15N3OS2/c1-10-18-13-5-3-2-4-12(13)16(19-10)21-9-14(20)15-7-6-11(8-17)22-15/h2-7H,8-9,17H2,1H3. The number of aryl methyl sites for hydroxylation is 1. The number of thioether (sulfide) groups is 1. The molecule has 3 aromatic rings. The van der Waals surface area contributed by atoms with Crippen LogP contribution in [0.15, 0.2) is 41.4 Å². The lowest BCUT2D eigenvalue weighted by Crippen LogP contribution is -2.01. The summed E-state index contributed by atoms with van der Waals surface area (Å²) in [6, 6.07) is 11.6. The van der Waals surface area contributed by atoms with E-state index in [0.29, 0.717) is 12.3 Å². The predicted molar refractivity (Wildman–Crippen MR) is 91.5 cm³/mol. The van der Waals surface area contributed by atoms with E-state index in [4.69, 9.17) is 5.73 Å². The molecule has 6 heteroatoms. The number of hydrogen-bond acceptors (Lipinski definition) is 6. The quantitative estimate of drug-likeness (QED) is 0.441. The van der Waals surface area contributed by atoms with Crippen molar-refractivity contribution in [3.05, 3.63) is 52.0 Å². The number of para-hydroxylation sites is 1. The Hall–Kier alpha value is -1.76. The van der Waals surface area contributed by atoms with Gasteiger partial charge < -0.3 is 5.73 Å². The molecular weight excluding hydrogens is 314 g/mol. The van der Waals surface area contributed by atoms with Crippen molar-refractivity contribution in [2.45, 2.75) is 18.5 Å². The van der Waals surface area contributed by atoms with Crippen molar-refractivity contribution in [2.24, 2.45) is 5.73 Å². The Bertz CT molecular complexity index is 829. The van der Waals surface area contributed by atoms with Crippen molar-refractivity contribution in [2.75, 3.05) is 5.75 Å². The number of ketones is 1. The molecule has 0 unspecified atom stereocenters. The third kappa shape index (κ3) is 3.19. The van der Waals surface area contributed by atoms with Crippen molar-refractivity contribution in [3.63, 3.8) is 0 Å². The average Bonchev–Trinajstić information content (AvgIpc) is 3.01. The fourth-order valence-electron chi connectivity index (χ4n) is 2.11. The fraction of sp³-hybridized carbons (Fsp3) is 0.188. The number of nitrogens with zero attached hydrogens (tertiary/aromatic N) is 2. The second-order valence-electron chi connectivity index (χ2n) is 4.78. The van der Waals surface area contributed by atoms with Crippen molar-refractivity contribution in [1.82, 2.24) is 9.97 Å². The highest BCUT2D eigenvalue weighted by atomic mass is 32.2. The number of hydrogen-bond donors (Lipinski definition) is 1. The Morgan fingerprint density at radius 3 is 2.82 bits per heavy atom. The summed E-state index contributed by atoms with van der Waals surface area (Å²) in [6.07, 6.45) is 0. The van der Waals surface area contributed by atoms with Crippen molar-refractivity contribution in [1.29, 1.82) is 0 Å². The van der Waals surface area contributed by atoms with Gasteiger partial charge in [-0.1, -0.05) is 30.0 Å². The smallest absolute Gasteiger partial charge is 0.183 e. The number of nitrogens with two attached hydrogens (primary N) is 1. The summed E-state index contributed by atoms with van der Waals surface area (Å²) >= 11 is 2.92. The van der Waals surface area contributed by atoms with E-state index < -0.39 is 0 Å². The zero-order valence-electron chi connectivity index (χ0n) is 12.1. The lowest BCUT2D eigenvalue weighted by molar-refractivity contribution is 0.102. The van der Waals surface area contributed by atoms with Crippen molar-refractivity contribution in [3.8, 4) is 0 Å². The molecule has 3 rings (SSSR count). The van der Waals surface area contributed by atoms with Crippen LogP contribution < -0.4 is 5.73 Å². The van der Waals surface area contributed by atoms with Crippen LogP contribution in [0.2, 0.25) is 0 Å². The minimum Gasteiger partial charge on any atom is -0.326 e. The molecule has 0 saturated carbocycles. The summed E-state index contributed by atoms with van der Waals surface area (Å²) in [6.45, 7) is 2.34. The molecule has 0 saturated heterocycles. The van der Waals surface area contributed by atoms with Crippen LogP contribution in [0.3, 0.4) is 0 Å². The van der Waals surface area contributed by atoms with Crippen molar-refractivity contribution >= 4 is 39.8 Å². The molecule has 0 amide bonds. The summed E-state index contributed by atoms with van der Waals surface area (Å²) in [4.78, 5) is 22.9. The minimum absolute atomic E-state index is 0.107. The molecule has 22 heavy (non-hydrogen) atoms. The molecule has 4 nitrogen and oxygen atoms in total. The number of Topliss-reactive ketones (excluding diaryl/α,β-unsaturated/α-hetero) is 1. The predicted octanol–water partition coefficient (Wildman–Crippen LogP) is 3.43. The Morgan fingerprint density at radius 1 is 1.23 bits per heavy atom. The van der Waals surface area contributed by atoms with E-state index in [9.17, 15) is 4.79 Å². The van der Waals surface area contributed by atoms with Gasteiger partial charge in [-0.15, -0.1) is 11.3 Å². The molecule has 0 bridgehead atoms. The fourth-order valence-corrected chi connectivity index (χ4v) is 3.97. The zero-order chi connectivity index (χ0) is 15.5. The first-order chi connectivity index (χ1) is 10.7. The van der Waals surface area contributed by atoms with E-state index in [1.54, 1.807) is 0 Å². The average molecular weight is 329 g/mol. The van der Waals surface area contributed by atoms with Gasteiger partial charge in [0.1, 0.15) is 10.9 Å². The number of aromatic nitrogens is 2. The maximum absolute atomic E-state index is 12.3. The van der Waals surface area contributed by atoms with Crippen LogP contribution in [0.4, 0.5) is 0 Å². The highest BCUT2D eigenvalue weighted by Crippen LogP contribution is 2.27. The highest BCUT2D eigenvalue weighted by molar-refractivity contribution is 8.00. The van der Waals surface area contributed by atoms with Gasteiger partial charge in [-0.2, -0.15) is 0 Å². The summed E-state index contributed by atoms with van der Waals surface area (Å²) in [5.41, 5.74) is 6.49. The summed E-state index contributed by atoms with van der Waals surface area (Å²) in [5, 5.41) is 1.84. The van der Waals surface area contributed by atoms with Crippen LogP contribution in [0.1, 0.15) is 20.4 Å². The molecular formula is C16H15N3OS2. The number of fused-ring (bicyclic) bond motifs is 1. The van der Waals surface area contributed by atoms with E-state index in [-0.39, 0.29) is 5.78 Å². The summed E-state index contributed by atoms with van der Waals surface area (Å²) in [5.74, 6) is 1.19. The first kappa shape index (κ1) is 15.1. The van der Waals surface area contributed by atoms with E-state index >= 15 is 0 Å². The largest absolute Gasteiger partial charge is 0.326 e. The summed E-state index contributed by atoms with van der Waals surface area (Å²) in [7, 11) is 0. The van der Waals surface area contributed by atoms with E-state index in [2.05, 4.69) is 9.97 Å². The maximum atomic E-state index is 12.3. The first-order valence-electron chi connectivity index (χ1n) is 6.85. The lowest BCUT2D eigenvalue weighted by Gasteiger charge is -2.05. The Kier molecular flexibility index (Phi) is 4.52. The molecule has 2 aromatic heterocycles. The van der Waals surface area contributed by atoms with Gasteiger partial charge in [0.25, 0.3) is 0 Å². The number of rotatable bonds is 5. The SMILES string of the molecule is Cc1nc(SCC(=O)c2ccc(CN)s2)c2ccccc2n1. The molecule has 2 heterocycles. The Labute approximate surface area is 136 Å². The van der Waals surface area contributed by atoms with Crippen LogP contribution in [0.5, 0.6) is 0 Å². The van der Waals surface area contributed by atoms with Gasteiger partial charge in [0.05, 0.1) is 16.1 Å². The summed E-state index contributed by atoms with van der Waals surface area (Å²) < 4.78 is 0. The number of benzene rings is 1. The second kappa shape index (κ2) is 6.56. The van der Waals surface area contributed by atoms with Crippen LogP contribution in [0, 0.1) is 6.92 Å². The number of carbonyl (C=O) groups excluding carboxylic acids is 1. The maximum Gasteiger partial charge on any atom is 0.183 e. The monoisotopic (exact) mass is 329 g/mol. The van der Waals surface area contributed by atoms with Gasteiger partial charge in [0.15, 0.2) is 5.78 Å². The third-order valence-electron chi connectivity index (χ3n) is 3.16. The van der Waals surface area contributed by atoms with Gasteiger partial charge in [-0.25, -0.2) is 9.97 Å². The molecule has 0 fully saturated rings. The van der Waals surface area contributed by atoms with Gasteiger partial charge in [-0.3, -0.25) is 4.79 Å². The zero-order valence-corrected chi connectivity index (χ0v) is 13.7. The molecule has 0 aliphatic rings. The molecule has 1 aromatic carbocycles. The first-order valence-corrected chi connectivity index (χ1v) is 8.66. The number of thiophene rings is 1. The van der Waals surface area contributed by atoms with E-state index in [1.807, 2.05) is 43.3 Å².